The second kappa shape index (κ2) is 65.6. The number of phosphoric ester groups is 1. The van der Waals surface area contributed by atoms with E-state index in [-0.39, 0.29) is 25.5 Å². The average molecular weight is 1210 g/mol. The number of nitrogens with one attached hydrogen (secondary N) is 1. The lowest BCUT2D eigenvalue weighted by molar-refractivity contribution is -0.870. The predicted octanol–water partition coefficient (Wildman–Crippen LogP) is 22.5. The topological polar surface area (TPSA) is 105 Å². The fourth-order valence-electron chi connectivity index (χ4n) is 9.34. The lowest BCUT2D eigenvalue weighted by atomic mass is 10.0. The number of carbonyl (C=O) groups excluding carboxylic acids is 1. The van der Waals surface area contributed by atoms with Crippen molar-refractivity contribution in [3.05, 3.63) is 158 Å². The molecule has 0 aliphatic heterocycles. The van der Waals surface area contributed by atoms with Gasteiger partial charge in [0.15, 0.2) is 0 Å². The molecule has 0 saturated carbocycles. The Bertz CT molecular complexity index is 1960. The van der Waals surface area contributed by atoms with Gasteiger partial charge in [0.05, 0.1) is 39.9 Å². The summed E-state index contributed by atoms with van der Waals surface area (Å²) in [6, 6.07) is -0.908. The zero-order valence-electron chi connectivity index (χ0n) is 56.0. The third-order valence-electron chi connectivity index (χ3n) is 14.7. The van der Waals surface area contributed by atoms with E-state index >= 15 is 0 Å². The fourth-order valence-corrected chi connectivity index (χ4v) is 10.1. The van der Waals surface area contributed by atoms with Gasteiger partial charge in [0, 0.05) is 6.42 Å². The van der Waals surface area contributed by atoms with E-state index in [0.29, 0.717) is 17.4 Å². The highest BCUT2D eigenvalue weighted by Crippen LogP contribution is 2.43. The Morgan fingerprint density at radius 1 is 0.407 bits per heavy atom. The summed E-state index contributed by atoms with van der Waals surface area (Å²) in [4.78, 5) is 23.4. The number of hydrogen-bond acceptors (Lipinski definition) is 5. The zero-order valence-corrected chi connectivity index (χ0v) is 56.9. The summed E-state index contributed by atoms with van der Waals surface area (Å²) in [6.07, 6.45) is 103. The van der Waals surface area contributed by atoms with E-state index in [9.17, 15) is 19.4 Å². The molecule has 0 spiro atoms. The first-order valence-corrected chi connectivity index (χ1v) is 36.4. The van der Waals surface area contributed by atoms with Gasteiger partial charge in [0.2, 0.25) is 5.91 Å². The highest BCUT2D eigenvalue weighted by Gasteiger charge is 2.27. The van der Waals surface area contributed by atoms with Crippen molar-refractivity contribution in [1.29, 1.82) is 0 Å². The number of amides is 1. The lowest BCUT2D eigenvalue weighted by Crippen LogP contribution is -2.45. The number of carbonyl (C=O) groups is 1. The SMILES string of the molecule is CC/C=C\C/C=C\C/C=C\C/C=C\C/C=C\C/C=C\C/C=C\C/C=C\C/C=C\C/C=C\CCCCC(=O)NC(COP(=O)(O)OCC[N+](C)(C)C)C(O)/C=C/CC/C=C/CC/C=C/CCCCCCCCCCCCCCCCCCCCCCC. The standard InChI is InChI=1S/C77H131N2O6P/c1-6-8-10-12-14-16-18-20-22-24-26-28-30-32-34-36-38-39-41-43-45-47-49-51-53-55-57-59-61-63-65-67-69-71-77(81)78-75(74-85-86(82,83)84-73-72-79(3,4)5)76(80)70-68-66-64-62-60-58-56-54-52-50-48-46-44-42-40-37-35-33-31-29-27-25-23-21-19-17-15-13-11-9-7-2/h8,10,14,16,20,22,26,28,32,34,38-39,43,45,49,51-52,54-55,57,60-63,68,70,75-76,80H,6-7,9,11-13,15,17-19,21,23-25,27,29-31,33,35-37,40-42,44,46-48,50,53,56,58-59,64-67,69,71-74H2,1-5H3,(H-,78,81,82,83)/p+1/b10-8-,16-14-,22-20-,28-26-,34-32-,39-38-,45-43-,51-49-,54-52+,57-55-,62-60+,63-61-,70-68+. The first-order chi connectivity index (χ1) is 42.0. The number of hydrogen-bond donors (Lipinski definition) is 3. The van der Waals surface area contributed by atoms with E-state index < -0.39 is 20.0 Å². The summed E-state index contributed by atoms with van der Waals surface area (Å²) in [5.74, 6) is -0.238. The van der Waals surface area contributed by atoms with Crippen LogP contribution in [0.4, 0.5) is 0 Å². The van der Waals surface area contributed by atoms with Crippen molar-refractivity contribution in [2.75, 3.05) is 40.9 Å². The highest BCUT2D eigenvalue weighted by atomic mass is 31.2. The van der Waals surface area contributed by atoms with Gasteiger partial charge in [-0.2, -0.15) is 0 Å². The normalized spacial score (nSPS) is 14.6. The van der Waals surface area contributed by atoms with Gasteiger partial charge in [-0.25, -0.2) is 4.57 Å². The molecule has 0 heterocycles. The number of rotatable bonds is 62. The van der Waals surface area contributed by atoms with E-state index in [0.717, 1.165) is 103 Å². The minimum Gasteiger partial charge on any atom is -0.387 e. The van der Waals surface area contributed by atoms with Gasteiger partial charge < -0.3 is 19.8 Å². The summed E-state index contributed by atoms with van der Waals surface area (Å²) < 4.78 is 23.7. The Hall–Kier alpha value is -3.88. The smallest absolute Gasteiger partial charge is 0.387 e. The number of quaternary nitrogens is 1. The fraction of sp³-hybridized carbons (Fsp3) is 0.649. The number of unbranched alkanes of at least 4 members (excludes halogenated alkanes) is 25. The Morgan fingerprint density at radius 2 is 0.709 bits per heavy atom. The van der Waals surface area contributed by atoms with Crippen molar-refractivity contribution < 1.29 is 32.9 Å². The molecular weight excluding hydrogens is 1080 g/mol. The summed E-state index contributed by atoms with van der Waals surface area (Å²) in [5, 5.41) is 13.9. The Kier molecular flexibility index (Phi) is 62.6. The van der Waals surface area contributed by atoms with Crippen LogP contribution in [0.15, 0.2) is 158 Å². The highest BCUT2D eigenvalue weighted by molar-refractivity contribution is 7.47. The molecule has 9 heteroatoms. The maximum Gasteiger partial charge on any atom is 0.472 e. The minimum absolute atomic E-state index is 0.0358. The van der Waals surface area contributed by atoms with Gasteiger partial charge in [-0.3, -0.25) is 13.8 Å². The molecular formula is C77H132N2O6P+. The molecule has 8 nitrogen and oxygen atoms in total. The van der Waals surface area contributed by atoms with Crippen molar-refractivity contribution >= 4 is 13.7 Å². The van der Waals surface area contributed by atoms with Crippen molar-refractivity contribution in [3.8, 4) is 0 Å². The summed E-state index contributed by atoms with van der Waals surface area (Å²) in [7, 11) is 1.50. The molecule has 3 unspecified atom stereocenters. The van der Waals surface area contributed by atoms with Crippen LogP contribution >= 0.6 is 7.82 Å². The summed E-state index contributed by atoms with van der Waals surface area (Å²) in [5.41, 5.74) is 0. The van der Waals surface area contributed by atoms with E-state index in [2.05, 4.69) is 165 Å². The molecule has 0 radical (unpaired) electrons. The van der Waals surface area contributed by atoms with Gasteiger partial charge in [0.25, 0.3) is 0 Å². The Labute approximate surface area is 531 Å². The molecule has 0 aliphatic rings. The Balaban J connectivity index is 4.30. The van der Waals surface area contributed by atoms with Crippen molar-refractivity contribution in [2.45, 2.75) is 283 Å². The molecule has 0 aromatic heterocycles. The van der Waals surface area contributed by atoms with Crippen LogP contribution in [0.5, 0.6) is 0 Å². The molecule has 0 fully saturated rings. The van der Waals surface area contributed by atoms with Gasteiger partial charge in [-0.15, -0.1) is 0 Å². The third kappa shape index (κ3) is 67.6. The van der Waals surface area contributed by atoms with Gasteiger partial charge >= 0.3 is 7.82 Å². The zero-order chi connectivity index (χ0) is 62.6. The predicted molar refractivity (Wildman–Crippen MR) is 377 cm³/mol. The molecule has 3 atom stereocenters. The molecule has 0 rings (SSSR count). The van der Waals surface area contributed by atoms with Crippen LogP contribution in [0, 0.1) is 0 Å². The van der Waals surface area contributed by atoms with Crippen molar-refractivity contribution in [1.82, 2.24) is 5.32 Å². The van der Waals surface area contributed by atoms with E-state index in [4.69, 9.17) is 9.05 Å². The number of nitrogens with zero attached hydrogens (tertiary/aromatic N) is 1. The monoisotopic (exact) mass is 1210 g/mol. The summed E-state index contributed by atoms with van der Waals surface area (Å²) >= 11 is 0. The quantitative estimate of drug-likeness (QED) is 0.0243. The average Bonchev–Trinajstić information content (AvgIpc) is 3.70. The molecule has 3 N–H and O–H groups in total. The number of allylic oxidation sites excluding steroid dienone is 25. The van der Waals surface area contributed by atoms with Crippen LogP contribution in [0.2, 0.25) is 0 Å². The minimum atomic E-state index is -4.39. The molecule has 0 saturated heterocycles. The molecule has 490 valence electrons. The van der Waals surface area contributed by atoms with Gasteiger partial charge in [-0.1, -0.05) is 300 Å². The molecule has 1 amide bonds. The number of aliphatic hydroxyl groups excluding tert-OH is 1. The van der Waals surface area contributed by atoms with Gasteiger partial charge in [-0.05, 0) is 122 Å². The maximum absolute atomic E-state index is 13.0. The molecule has 0 aliphatic carbocycles. The lowest BCUT2D eigenvalue weighted by Gasteiger charge is -2.25. The van der Waals surface area contributed by atoms with E-state index in [1.54, 1.807) is 6.08 Å². The second-order valence-electron chi connectivity index (χ2n) is 24.2. The molecule has 0 bridgehead atoms. The largest absolute Gasteiger partial charge is 0.472 e. The summed E-state index contributed by atoms with van der Waals surface area (Å²) in [6.45, 7) is 4.64. The van der Waals surface area contributed by atoms with Crippen LogP contribution in [0.25, 0.3) is 0 Å². The van der Waals surface area contributed by atoms with Crippen LogP contribution < -0.4 is 5.32 Å². The Morgan fingerprint density at radius 3 is 1.07 bits per heavy atom. The van der Waals surface area contributed by atoms with E-state index in [1.807, 2.05) is 27.2 Å². The van der Waals surface area contributed by atoms with Gasteiger partial charge in [0.1, 0.15) is 13.2 Å². The number of aliphatic hydroxyl groups is 1. The number of phosphoric acid groups is 1. The van der Waals surface area contributed by atoms with Crippen molar-refractivity contribution in [3.63, 3.8) is 0 Å². The van der Waals surface area contributed by atoms with E-state index in [1.165, 1.54) is 141 Å². The third-order valence-corrected chi connectivity index (χ3v) is 15.7. The molecule has 86 heavy (non-hydrogen) atoms. The second-order valence-corrected chi connectivity index (χ2v) is 25.6. The first kappa shape index (κ1) is 82.1. The van der Waals surface area contributed by atoms with Crippen molar-refractivity contribution in [2.24, 2.45) is 0 Å². The maximum atomic E-state index is 13.0. The molecule has 0 aromatic rings. The van der Waals surface area contributed by atoms with Crippen LogP contribution in [-0.4, -0.2) is 73.4 Å². The van der Waals surface area contributed by atoms with Crippen LogP contribution in [0.1, 0.15) is 271 Å². The first-order valence-electron chi connectivity index (χ1n) is 34.9. The van der Waals surface area contributed by atoms with Crippen LogP contribution in [-0.2, 0) is 18.4 Å². The number of likely N-dealkylation sites (N-methyl/N-ethyl adjacent to an activating group) is 1. The van der Waals surface area contributed by atoms with Crippen LogP contribution in [0.3, 0.4) is 0 Å². The molecule has 0 aromatic carbocycles.